The quantitative estimate of drug-likeness (QED) is 0.693. The lowest BCUT2D eigenvalue weighted by Gasteiger charge is -2.42. The van der Waals surface area contributed by atoms with Crippen LogP contribution in [-0.4, -0.2) is 73.0 Å². The maximum atomic E-state index is 12.3. The zero-order valence-electron chi connectivity index (χ0n) is 16.9. The van der Waals surface area contributed by atoms with Crippen LogP contribution in [-0.2, 0) is 4.79 Å². The van der Waals surface area contributed by atoms with Gasteiger partial charge in [0.15, 0.2) is 0 Å². The first-order valence-corrected chi connectivity index (χ1v) is 10.3. The van der Waals surface area contributed by atoms with Crippen molar-refractivity contribution in [3.8, 4) is 0 Å². The van der Waals surface area contributed by atoms with E-state index in [1.165, 1.54) is 51.9 Å². The molecular weight excluding hydrogens is 298 g/mol. The number of unbranched alkanes of at least 4 members (excludes halogenated alkanes) is 1. The van der Waals surface area contributed by atoms with Crippen LogP contribution < -0.4 is 0 Å². The highest BCUT2D eigenvalue weighted by Crippen LogP contribution is 2.19. The Hall–Kier alpha value is -0.610. The van der Waals surface area contributed by atoms with Gasteiger partial charge in [-0.2, -0.15) is 0 Å². The summed E-state index contributed by atoms with van der Waals surface area (Å²) < 4.78 is 0. The van der Waals surface area contributed by atoms with Crippen LogP contribution in [0.4, 0.5) is 0 Å². The third-order valence-electron chi connectivity index (χ3n) is 5.29. The van der Waals surface area contributed by atoms with E-state index >= 15 is 0 Å². The fraction of sp³-hybridized carbons (Fsp3) is 0.950. The number of nitrogens with zero attached hydrogens (tertiary/aromatic N) is 3. The highest BCUT2D eigenvalue weighted by atomic mass is 16.2. The lowest BCUT2D eigenvalue weighted by atomic mass is 10.0. The van der Waals surface area contributed by atoms with Gasteiger partial charge in [-0.15, -0.1) is 0 Å². The Morgan fingerprint density at radius 1 is 0.958 bits per heavy atom. The number of likely N-dealkylation sites (N-methyl/N-ethyl adjacent to an activating group) is 1. The van der Waals surface area contributed by atoms with Crippen LogP contribution in [0.1, 0.15) is 66.2 Å². The summed E-state index contributed by atoms with van der Waals surface area (Å²) in [6.45, 7) is 15.2. The number of carbonyl (C=O) groups excluding carboxylic acids is 1. The maximum Gasteiger partial charge on any atom is 0.222 e. The molecule has 0 aromatic carbocycles. The molecule has 4 nitrogen and oxygen atoms in total. The van der Waals surface area contributed by atoms with Crippen molar-refractivity contribution in [1.82, 2.24) is 14.7 Å². The number of carbonyl (C=O) groups is 1. The number of hydrogen-bond acceptors (Lipinski definition) is 3. The van der Waals surface area contributed by atoms with Gasteiger partial charge in [0.2, 0.25) is 5.91 Å². The minimum absolute atomic E-state index is 0.389. The summed E-state index contributed by atoms with van der Waals surface area (Å²) in [7, 11) is 2.21. The molecule has 2 aliphatic heterocycles. The normalized spacial score (nSPS) is 20.8. The summed E-state index contributed by atoms with van der Waals surface area (Å²) in [5.74, 6) is 1.15. The largest absolute Gasteiger partial charge is 0.343 e. The summed E-state index contributed by atoms with van der Waals surface area (Å²) in [6, 6.07) is 0.707. The van der Waals surface area contributed by atoms with Gasteiger partial charge in [0.05, 0.1) is 0 Å². The minimum Gasteiger partial charge on any atom is -0.343 e. The summed E-state index contributed by atoms with van der Waals surface area (Å²) in [4.78, 5) is 19.4. The Labute approximate surface area is 150 Å². The SMILES string of the molecule is CC.CC(C)CCCCC(=O)N1CCC(N2CCN(C)CC2)CC1. The number of hydrogen-bond donors (Lipinski definition) is 0. The Balaban J connectivity index is 0.00000139. The molecule has 0 radical (unpaired) electrons. The van der Waals surface area contributed by atoms with Gasteiger partial charge in [0, 0.05) is 51.7 Å². The number of rotatable bonds is 6. The van der Waals surface area contributed by atoms with E-state index in [9.17, 15) is 4.79 Å². The molecule has 142 valence electrons. The van der Waals surface area contributed by atoms with Crippen molar-refractivity contribution in [2.45, 2.75) is 72.3 Å². The summed E-state index contributed by atoms with van der Waals surface area (Å²) in [5, 5.41) is 0. The van der Waals surface area contributed by atoms with E-state index in [4.69, 9.17) is 0 Å². The second kappa shape index (κ2) is 11.9. The van der Waals surface area contributed by atoms with Crippen LogP contribution in [0.5, 0.6) is 0 Å². The van der Waals surface area contributed by atoms with Crippen LogP contribution >= 0.6 is 0 Å². The molecule has 2 fully saturated rings. The highest BCUT2D eigenvalue weighted by Gasteiger charge is 2.28. The first-order chi connectivity index (χ1) is 11.6. The second-order valence-electron chi connectivity index (χ2n) is 7.59. The van der Waals surface area contributed by atoms with Gasteiger partial charge in [-0.05, 0) is 32.2 Å². The zero-order chi connectivity index (χ0) is 17.9. The molecule has 0 N–H and O–H groups in total. The molecule has 2 saturated heterocycles. The molecule has 4 heteroatoms. The van der Waals surface area contributed by atoms with Gasteiger partial charge in [-0.3, -0.25) is 9.69 Å². The molecule has 0 aliphatic carbocycles. The Morgan fingerprint density at radius 2 is 1.54 bits per heavy atom. The van der Waals surface area contributed by atoms with Crippen LogP contribution in [0, 0.1) is 5.92 Å². The average Bonchev–Trinajstić information content (AvgIpc) is 2.61. The van der Waals surface area contributed by atoms with E-state index < -0.39 is 0 Å². The fourth-order valence-corrected chi connectivity index (χ4v) is 3.65. The summed E-state index contributed by atoms with van der Waals surface area (Å²) in [5.41, 5.74) is 0. The lowest BCUT2D eigenvalue weighted by molar-refractivity contribution is -0.133. The molecular formula is C20H41N3O. The first-order valence-electron chi connectivity index (χ1n) is 10.3. The van der Waals surface area contributed by atoms with Crippen molar-refractivity contribution in [2.24, 2.45) is 5.92 Å². The molecule has 24 heavy (non-hydrogen) atoms. The average molecular weight is 340 g/mol. The number of amides is 1. The summed E-state index contributed by atoms with van der Waals surface area (Å²) >= 11 is 0. The van der Waals surface area contributed by atoms with Crippen LogP contribution in [0.3, 0.4) is 0 Å². The smallest absolute Gasteiger partial charge is 0.222 e. The highest BCUT2D eigenvalue weighted by molar-refractivity contribution is 5.76. The fourth-order valence-electron chi connectivity index (χ4n) is 3.65. The van der Waals surface area contributed by atoms with E-state index in [1.807, 2.05) is 13.8 Å². The summed E-state index contributed by atoms with van der Waals surface area (Å²) in [6.07, 6.45) is 6.60. The van der Waals surface area contributed by atoms with Crippen molar-refractivity contribution >= 4 is 5.91 Å². The lowest BCUT2D eigenvalue weighted by Crippen LogP contribution is -2.52. The van der Waals surface area contributed by atoms with E-state index in [1.54, 1.807) is 0 Å². The molecule has 0 saturated carbocycles. The molecule has 2 heterocycles. The predicted molar refractivity (Wildman–Crippen MR) is 103 cm³/mol. The minimum atomic E-state index is 0.389. The van der Waals surface area contributed by atoms with Gasteiger partial charge < -0.3 is 9.80 Å². The maximum absolute atomic E-state index is 12.3. The third kappa shape index (κ3) is 7.52. The number of likely N-dealkylation sites (tertiary alicyclic amines) is 1. The Morgan fingerprint density at radius 3 is 2.08 bits per heavy atom. The molecule has 0 unspecified atom stereocenters. The van der Waals surface area contributed by atoms with Crippen molar-refractivity contribution in [3.05, 3.63) is 0 Å². The van der Waals surface area contributed by atoms with Crippen molar-refractivity contribution in [2.75, 3.05) is 46.3 Å². The topological polar surface area (TPSA) is 26.8 Å². The van der Waals surface area contributed by atoms with Crippen LogP contribution in [0.25, 0.3) is 0 Å². The molecule has 0 atom stereocenters. The third-order valence-corrected chi connectivity index (χ3v) is 5.29. The number of piperidine rings is 1. The molecule has 0 spiro atoms. The van der Waals surface area contributed by atoms with E-state index in [0.29, 0.717) is 11.9 Å². The van der Waals surface area contributed by atoms with Gasteiger partial charge in [0.25, 0.3) is 0 Å². The predicted octanol–water partition coefficient (Wildman–Crippen LogP) is 3.47. The molecule has 0 bridgehead atoms. The van der Waals surface area contributed by atoms with Crippen molar-refractivity contribution in [3.63, 3.8) is 0 Å². The van der Waals surface area contributed by atoms with Gasteiger partial charge in [-0.25, -0.2) is 0 Å². The second-order valence-corrected chi connectivity index (χ2v) is 7.59. The van der Waals surface area contributed by atoms with Gasteiger partial charge in [0.1, 0.15) is 0 Å². The monoisotopic (exact) mass is 339 g/mol. The molecule has 2 aliphatic rings. The molecule has 0 aromatic heterocycles. The van der Waals surface area contributed by atoms with E-state index in [2.05, 4.69) is 35.6 Å². The molecule has 2 rings (SSSR count). The van der Waals surface area contributed by atoms with E-state index in [0.717, 1.165) is 31.8 Å². The standard InChI is InChI=1S/C18H35N3O.C2H6/c1-16(2)6-4-5-7-18(22)21-10-8-17(9-11-21)20-14-12-19(3)13-15-20;1-2/h16-17H,4-15H2,1-3H3;1-2H3. The number of piperazine rings is 1. The Kier molecular flexibility index (Phi) is 10.6. The van der Waals surface area contributed by atoms with Crippen molar-refractivity contribution < 1.29 is 4.79 Å². The first kappa shape index (κ1) is 21.4. The van der Waals surface area contributed by atoms with Gasteiger partial charge >= 0.3 is 0 Å². The van der Waals surface area contributed by atoms with Crippen LogP contribution in [0.2, 0.25) is 0 Å². The molecule has 1 amide bonds. The van der Waals surface area contributed by atoms with Gasteiger partial charge in [-0.1, -0.05) is 40.5 Å². The molecule has 0 aromatic rings. The van der Waals surface area contributed by atoms with E-state index in [-0.39, 0.29) is 0 Å². The Bertz CT molecular complexity index is 330. The zero-order valence-corrected chi connectivity index (χ0v) is 16.9. The van der Waals surface area contributed by atoms with Crippen LogP contribution in [0.15, 0.2) is 0 Å². The van der Waals surface area contributed by atoms with Crippen molar-refractivity contribution in [1.29, 1.82) is 0 Å².